The van der Waals surface area contributed by atoms with Gasteiger partial charge in [0.25, 0.3) is 11.8 Å². The fourth-order valence-corrected chi connectivity index (χ4v) is 3.91. The topological polar surface area (TPSA) is 40.6 Å². The molecule has 16 heavy (non-hydrogen) atoms. The lowest BCUT2D eigenvalue weighted by Gasteiger charge is -2.49. The Kier molecular flexibility index (Phi) is 3.55. The van der Waals surface area contributed by atoms with Gasteiger partial charge in [0.15, 0.2) is 0 Å². The van der Waals surface area contributed by atoms with Crippen molar-refractivity contribution in [1.82, 2.24) is 8.61 Å². The van der Waals surface area contributed by atoms with E-state index in [1.807, 2.05) is 37.5 Å². The molecule has 0 aromatic rings. The third-order valence-electron chi connectivity index (χ3n) is 2.44. The van der Waals surface area contributed by atoms with E-state index >= 15 is 0 Å². The standard InChI is InChI=1S/C10H22N2O2S2/c1-15(2,3)11-7-10(14)12(8-9(11)13)16(4,5)6/h7-8H2,1-6H3. The summed E-state index contributed by atoms with van der Waals surface area (Å²) in [6, 6.07) is 0. The molecule has 0 radical (unpaired) electrons. The highest BCUT2D eigenvalue weighted by atomic mass is 32.3. The third kappa shape index (κ3) is 2.85. The van der Waals surface area contributed by atoms with Crippen LogP contribution in [0.2, 0.25) is 0 Å². The van der Waals surface area contributed by atoms with Crippen molar-refractivity contribution in [3.8, 4) is 0 Å². The summed E-state index contributed by atoms with van der Waals surface area (Å²) in [6.45, 7) is 0.504. The van der Waals surface area contributed by atoms with E-state index in [1.165, 1.54) is 0 Å². The van der Waals surface area contributed by atoms with Gasteiger partial charge in [-0.15, -0.1) is 0 Å². The molecule has 0 aromatic heterocycles. The van der Waals surface area contributed by atoms with Crippen LogP contribution in [-0.2, 0) is 9.59 Å². The molecule has 0 bridgehead atoms. The van der Waals surface area contributed by atoms with Gasteiger partial charge in [-0.2, -0.15) is 20.4 Å². The lowest BCUT2D eigenvalue weighted by molar-refractivity contribution is -0.140. The van der Waals surface area contributed by atoms with Gasteiger partial charge < -0.3 is 0 Å². The van der Waals surface area contributed by atoms with E-state index in [0.717, 1.165) is 0 Å². The molecule has 0 aromatic carbocycles. The Balaban J connectivity index is 2.88. The molecule has 1 aliphatic heterocycles. The van der Waals surface area contributed by atoms with Crippen molar-refractivity contribution in [2.45, 2.75) is 0 Å². The summed E-state index contributed by atoms with van der Waals surface area (Å²) in [4.78, 5) is 24.0. The quantitative estimate of drug-likeness (QED) is 0.744. The van der Waals surface area contributed by atoms with Crippen molar-refractivity contribution in [3.05, 3.63) is 0 Å². The van der Waals surface area contributed by atoms with Gasteiger partial charge in [-0.05, 0) is 37.5 Å². The first-order chi connectivity index (χ1) is 7.03. The van der Waals surface area contributed by atoms with Crippen molar-refractivity contribution in [2.75, 3.05) is 50.6 Å². The van der Waals surface area contributed by atoms with Gasteiger partial charge in [-0.25, -0.2) is 0 Å². The van der Waals surface area contributed by atoms with Gasteiger partial charge >= 0.3 is 0 Å². The van der Waals surface area contributed by atoms with E-state index in [9.17, 15) is 9.59 Å². The Bertz CT molecular complexity index is 286. The number of nitrogens with zero attached hydrogens (tertiary/aromatic N) is 2. The summed E-state index contributed by atoms with van der Waals surface area (Å²) in [5.41, 5.74) is 0. The summed E-state index contributed by atoms with van der Waals surface area (Å²) in [7, 11) is -2.26. The monoisotopic (exact) mass is 266 g/mol. The predicted octanol–water partition coefficient (Wildman–Crippen LogP) is 0.875. The average molecular weight is 266 g/mol. The fraction of sp³-hybridized carbons (Fsp3) is 0.800. The molecule has 0 unspecified atom stereocenters. The molecular weight excluding hydrogens is 244 g/mol. The van der Waals surface area contributed by atoms with Crippen molar-refractivity contribution < 1.29 is 9.59 Å². The second-order valence-corrected chi connectivity index (χ2v) is 13.4. The lowest BCUT2D eigenvalue weighted by atomic mass is 10.4. The normalized spacial score (nSPS) is 21.4. The van der Waals surface area contributed by atoms with E-state index in [4.69, 9.17) is 0 Å². The maximum atomic E-state index is 12.0. The van der Waals surface area contributed by atoms with Gasteiger partial charge in [-0.1, -0.05) is 0 Å². The maximum Gasteiger partial charge on any atom is 0.252 e. The minimum atomic E-state index is -1.13. The molecule has 1 rings (SSSR count). The zero-order chi connectivity index (χ0) is 12.7. The van der Waals surface area contributed by atoms with Crippen LogP contribution in [0.15, 0.2) is 0 Å². The second kappa shape index (κ2) is 4.14. The summed E-state index contributed by atoms with van der Waals surface area (Å²) in [6.07, 6.45) is 12.2. The zero-order valence-electron chi connectivity index (χ0n) is 10.9. The van der Waals surface area contributed by atoms with Crippen LogP contribution in [0, 0.1) is 0 Å². The lowest BCUT2D eigenvalue weighted by Crippen LogP contribution is -2.53. The van der Waals surface area contributed by atoms with Crippen LogP contribution in [-0.4, -0.2) is 71.0 Å². The average Bonchev–Trinajstić information content (AvgIpc) is 2.04. The van der Waals surface area contributed by atoms with Crippen LogP contribution in [0.25, 0.3) is 0 Å². The second-order valence-electron chi connectivity index (χ2n) is 5.41. The first kappa shape index (κ1) is 13.7. The Morgan fingerprint density at radius 2 is 1.00 bits per heavy atom. The Labute approximate surface area is 101 Å². The highest BCUT2D eigenvalue weighted by Crippen LogP contribution is 2.45. The molecule has 6 heteroatoms. The Morgan fingerprint density at radius 1 is 0.750 bits per heavy atom. The highest BCUT2D eigenvalue weighted by molar-refractivity contribution is 8.31. The van der Waals surface area contributed by atoms with E-state index in [2.05, 4.69) is 0 Å². The van der Waals surface area contributed by atoms with E-state index in [-0.39, 0.29) is 24.9 Å². The minimum absolute atomic E-state index is 0.0875. The number of amides is 2. The highest BCUT2D eigenvalue weighted by Gasteiger charge is 2.37. The molecule has 0 atom stereocenters. The molecular formula is C10H22N2O2S2. The van der Waals surface area contributed by atoms with E-state index in [1.54, 1.807) is 8.61 Å². The third-order valence-corrected chi connectivity index (χ3v) is 5.75. The van der Waals surface area contributed by atoms with E-state index < -0.39 is 20.4 Å². The number of hydrogen-bond donors (Lipinski definition) is 0. The number of rotatable bonds is 2. The largest absolute Gasteiger partial charge is 0.295 e. The van der Waals surface area contributed by atoms with Crippen LogP contribution in [0.3, 0.4) is 0 Å². The molecule has 1 heterocycles. The summed E-state index contributed by atoms with van der Waals surface area (Å²) in [5.74, 6) is 0.175. The van der Waals surface area contributed by atoms with Crippen molar-refractivity contribution in [2.24, 2.45) is 0 Å². The van der Waals surface area contributed by atoms with Gasteiger partial charge in [0.2, 0.25) is 0 Å². The van der Waals surface area contributed by atoms with Crippen molar-refractivity contribution in [3.63, 3.8) is 0 Å². The summed E-state index contributed by atoms with van der Waals surface area (Å²) < 4.78 is 3.49. The van der Waals surface area contributed by atoms with Gasteiger partial charge in [0.1, 0.15) is 13.1 Å². The van der Waals surface area contributed by atoms with Gasteiger partial charge in [0, 0.05) is 0 Å². The molecule has 0 aliphatic carbocycles. The molecule has 0 saturated carbocycles. The number of carbonyl (C=O) groups is 2. The van der Waals surface area contributed by atoms with Crippen LogP contribution in [0.4, 0.5) is 0 Å². The van der Waals surface area contributed by atoms with Crippen molar-refractivity contribution >= 4 is 32.2 Å². The predicted molar refractivity (Wildman–Crippen MR) is 74.2 cm³/mol. The zero-order valence-corrected chi connectivity index (χ0v) is 12.6. The maximum absolute atomic E-state index is 12.0. The molecule has 1 aliphatic rings. The Hall–Kier alpha value is -0.360. The van der Waals surface area contributed by atoms with Crippen LogP contribution in [0.5, 0.6) is 0 Å². The number of hydrogen-bond acceptors (Lipinski definition) is 2. The van der Waals surface area contributed by atoms with Gasteiger partial charge in [0.05, 0.1) is 0 Å². The molecule has 2 amide bonds. The molecule has 96 valence electrons. The van der Waals surface area contributed by atoms with E-state index in [0.29, 0.717) is 0 Å². The molecule has 4 nitrogen and oxygen atoms in total. The summed E-state index contributed by atoms with van der Waals surface area (Å²) in [5, 5.41) is 0. The number of carbonyl (C=O) groups excluding carboxylic acids is 2. The molecule has 1 saturated heterocycles. The van der Waals surface area contributed by atoms with Crippen LogP contribution < -0.4 is 0 Å². The number of piperazine rings is 1. The molecule has 1 fully saturated rings. The minimum Gasteiger partial charge on any atom is -0.295 e. The van der Waals surface area contributed by atoms with Crippen molar-refractivity contribution in [1.29, 1.82) is 0 Å². The first-order valence-electron chi connectivity index (χ1n) is 5.01. The fourth-order valence-electron chi connectivity index (χ4n) is 1.58. The van der Waals surface area contributed by atoms with Gasteiger partial charge in [-0.3, -0.25) is 18.2 Å². The Morgan fingerprint density at radius 3 is 1.19 bits per heavy atom. The SMILES string of the molecule is CS(C)(C)N1CC(=O)N(S(C)(C)C)CC1=O. The smallest absolute Gasteiger partial charge is 0.252 e. The summed E-state index contributed by atoms with van der Waals surface area (Å²) >= 11 is 0. The molecule has 0 N–H and O–H groups in total. The first-order valence-corrected chi connectivity index (χ1v) is 10.6. The van der Waals surface area contributed by atoms with Crippen LogP contribution in [0.1, 0.15) is 0 Å². The van der Waals surface area contributed by atoms with Crippen LogP contribution >= 0.6 is 20.4 Å². The molecule has 0 spiro atoms.